The highest BCUT2D eigenvalue weighted by atomic mass is 19.1. The molecule has 1 aliphatic carbocycles. The predicted molar refractivity (Wildman–Crippen MR) is 105 cm³/mol. The van der Waals surface area contributed by atoms with Crippen LogP contribution in [0.25, 0.3) is 0 Å². The third-order valence-electron chi connectivity index (χ3n) is 4.98. The molecule has 0 N–H and O–H groups in total. The zero-order valence-electron chi connectivity index (χ0n) is 16.0. The van der Waals surface area contributed by atoms with E-state index in [0.717, 1.165) is 32.1 Å². The SMILES string of the molecule is CCCCCc1ccc(C(=O)OC2CCC(C=CC=C(F)C#N)CC2)cc1. The van der Waals surface area contributed by atoms with Gasteiger partial charge in [0.2, 0.25) is 0 Å². The van der Waals surface area contributed by atoms with E-state index in [1.54, 1.807) is 6.08 Å². The van der Waals surface area contributed by atoms with E-state index in [0.29, 0.717) is 11.5 Å². The molecule has 0 unspecified atom stereocenters. The van der Waals surface area contributed by atoms with Gasteiger partial charge < -0.3 is 4.74 Å². The van der Waals surface area contributed by atoms with Crippen LogP contribution < -0.4 is 0 Å². The van der Waals surface area contributed by atoms with Gasteiger partial charge in [0.1, 0.15) is 12.2 Å². The summed E-state index contributed by atoms with van der Waals surface area (Å²) in [6.07, 6.45) is 12.7. The van der Waals surface area contributed by atoms with E-state index < -0.39 is 5.83 Å². The maximum Gasteiger partial charge on any atom is 0.338 e. The van der Waals surface area contributed by atoms with E-state index >= 15 is 0 Å². The maximum atomic E-state index is 12.7. The van der Waals surface area contributed by atoms with Gasteiger partial charge in [0.25, 0.3) is 0 Å². The first kappa shape index (κ1) is 20.9. The fraction of sp³-hybridized carbons (Fsp3) is 0.478. The number of esters is 1. The zero-order valence-corrected chi connectivity index (χ0v) is 16.0. The van der Waals surface area contributed by atoms with Gasteiger partial charge in [-0.05, 0) is 68.2 Å². The van der Waals surface area contributed by atoms with Gasteiger partial charge in [0.05, 0.1) is 5.56 Å². The molecule has 144 valence electrons. The summed E-state index contributed by atoms with van der Waals surface area (Å²) >= 11 is 0. The van der Waals surface area contributed by atoms with Gasteiger partial charge >= 0.3 is 5.97 Å². The minimum Gasteiger partial charge on any atom is -0.459 e. The lowest BCUT2D eigenvalue weighted by Gasteiger charge is -2.26. The first-order valence-electron chi connectivity index (χ1n) is 9.86. The van der Waals surface area contributed by atoms with Crippen LogP contribution >= 0.6 is 0 Å². The smallest absolute Gasteiger partial charge is 0.338 e. The summed E-state index contributed by atoms with van der Waals surface area (Å²) in [5.74, 6) is -0.705. The van der Waals surface area contributed by atoms with Crippen LogP contribution in [0.3, 0.4) is 0 Å². The van der Waals surface area contributed by atoms with Crippen molar-refractivity contribution in [3.8, 4) is 6.07 Å². The highest BCUT2D eigenvalue weighted by Gasteiger charge is 2.23. The molecule has 0 saturated heterocycles. The second-order valence-electron chi connectivity index (χ2n) is 7.11. The van der Waals surface area contributed by atoms with Gasteiger partial charge in [0, 0.05) is 0 Å². The Morgan fingerprint density at radius 1 is 1.22 bits per heavy atom. The average Bonchev–Trinajstić information content (AvgIpc) is 2.70. The maximum absolute atomic E-state index is 12.7. The molecule has 0 aromatic heterocycles. The van der Waals surface area contributed by atoms with E-state index in [4.69, 9.17) is 10.00 Å². The largest absolute Gasteiger partial charge is 0.459 e. The molecule has 4 heteroatoms. The van der Waals surface area contributed by atoms with Crippen LogP contribution in [0.5, 0.6) is 0 Å². The van der Waals surface area contributed by atoms with Crippen molar-refractivity contribution in [1.29, 1.82) is 5.26 Å². The minimum absolute atomic E-state index is 0.0576. The number of carbonyl (C=O) groups is 1. The highest BCUT2D eigenvalue weighted by molar-refractivity contribution is 5.89. The van der Waals surface area contributed by atoms with E-state index in [1.807, 2.05) is 30.3 Å². The summed E-state index contributed by atoms with van der Waals surface area (Å²) in [4.78, 5) is 12.3. The van der Waals surface area contributed by atoms with Crippen LogP contribution in [-0.2, 0) is 11.2 Å². The number of aryl methyl sites for hydroxylation is 1. The molecule has 2 rings (SSSR count). The van der Waals surface area contributed by atoms with E-state index in [2.05, 4.69) is 6.92 Å². The molecule has 27 heavy (non-hydrogen) atoms. The van der Waals surface area contributed by atoms with E-state index in [1.165, 1.54) is 37.0 Å². The molecule has 0 atom stereocenters. The average molecular weight is 369 g/mol. The second-order valence-corrected chi connectivity index (χ2v) is 7.11. The lowest BCUT2D eigenvalue weighted by molar-refractivity contribution is 0.0185. The predicted octanol–water partition coefficient (Wildman–Crippen LogP) is 6.07. The van der Waals surface area contributed by atoms with Crippen molar-refractivity contribution in [1.82, 2.24) is 0 Å². The van der Waals surface area contributed by atoms with Crippen LogP contribution in [0.4, 0.5) is 4.39 Å². The van der Waals surface area contributed by atoms with Crippen LogP contribution in [0.2, 0.25) is 0 Å². The van der Waals surface area contributed by atoms with Gasteiger partial charge in [-0.25, -0.2) is 4.79 Å². The Morgan fingerprint density at radius 2 is 1.93 bits per heavy atom. The van der Waals surface area contributed by atoms with Crippen molar-refractivity contribution in [2.24, 2.45) is 5.92 Å². The number of carbonyl (C=O) groups excluding carboxylic acids is 1. The topological polar surface area (TPSA) is 50.1 Å². The number of unbranched alkanes of at least 4 members (excludes halogenated alkanes) is 2. The summed E-state index contributed by atoms with van der Waals surface area (Å²) in [5, 5.41) is 8.37. The summed E-state index contributed by atoms with van der Waals surface area (Å²) in [5.41, 5.74) is 1.86. The van der Waals surface area contributed by atoms with Crippen LogP contribution in [-0.4, -0.2) is 12.1 Å². The Hall–Kier alpha value is -2.41. The van der Waals surface area contributed by atoms with Crippen molar-refractivity contribution in [3.63, 3.8) is 0 Å². The first-order valence-corrected chi connectivity index (χ1v) is 9.86. The van der Waals surface area contributed by atoms with Gasteiger partial charge in [-0.15, -0.1) is 0 Å². The zero-order chi connectivity index (χ0) is 19.5. The van der Waals surface area contributed by atoms with Crippen molar-refractivity contribution >= 4 is 5.97 Å². The molecule has 3 nitrogen and oxygen atoms in total. The Bertz CT molecular complexity index is 692. The van der Waals surface area contributed by atoms with Gasteiger partial charge in [-0.3, -0.25) is 0 Å². The van der Waals surface area contributed by atoms with Gasteiger partial charge in [-0.2, -0.15) is 9.65 Å². The molecule has 0 heterocycles. The molecule has 0 spiro atoms. The first-order chi connectivity index (χ1) is 13.1. The van der Waals surface area contributed by atoms with Crippen molar-refractivity contribution in [2.75, 3.05) is 0 Å². The normalized spacial score (nSPS) is 20.4. The van der Waals surface area contributed by atoms with Crippen molar-refractivity contribution in [3.05, 3.63) is 59.4 Å². The summed E-state index contributed by atoms with van der Waals surface area (Å²) in [6, 6.07) is 9.19. The van der Waals surface area contributed by atoms with Crippen LogP contribution in [0.1, 0.15) is 67.8 Å². The van der Waals surface area contributed by atoms with Crippen molar-refractivity contribution < 1.29 is 13.9 Å². The fourth-order valence-electron chi connectivity index (χ4n) is 3.34. The quantitative estimate of drug-likeness (QED) is 0.242. The molecule has 0 radical (unpaired) electrons. The number of nitriles is 1. The molecule has 1 aliphatic rings. The number of hydrogen-bond acceptors (Lipinski definition) is 3. The molecule has 1 aromatic carbocycles. The monoisotopic (exact) mass is 369 g/mol. The standard InChI is InChI=1S/C23H28FNO2/c1-2-3-4-6-18-9-13-20(14-10-18)23(26)27-22-15-11-19(12-16-22)7-5-8-21(24)17-25/h5,7-10,13-14,19,22H,2-4,6,11-12,15-16H2,1H3. The number of benzene rings is 1. The molecule has 0 aliphatic heterocycles. The van der Waals surface area contributed by atoms with Crippen molar-refractivity contribution in [2.45, 2.75) is 64.4 Å². The molecular weight excluding hydrogens is 341 g/mol. The van der Waals surface area contributed by atoms with E-state index in [-0.39, 0.29) is 12.1 Å². The molecule has 1 saturated carbocycles. The van der Waals surface area contributed by atoms with E-state index in [9.17, 15) is 9.18 Å². The summed E-state index contributed by atoms with van der Waals surface area (Å²) in [6.45, 7) is 2.19. The molecule has 0 bridgehead atoms. The summed E-state index contributed by atoms with van der Waals surface area (Å²) in [7, 11) is 0. The Balaban J connectivity index is 1.76. The number of hydrogen-bond donors (Lipinski definition) is 0. The minimum atomic E-state index is -0.787. The van der Waals surface area contributed by atoms with Crippen LogP contribution in [0.15, 0.2) is 48.3 Å². The number of halogens is 1. The number of rotatable bonds is 8. The summed E-state index contributed by atoms with van der Waals surface area (Å²) < 4.78 is 18.4. The lowest BCUT2D eigenvalue weighted by atomic mass is 9.87. The third-order valence-corrected chi connectivity index (χ3v) is 4.98. The van der Waals surface area contributed by atoms with Gasteiger partial charge in [-0.1, -0.05) is 44.1 Å². The molecular formula is C23H28FNO2. The number of allylic oxidation sites excluding steroid dienone is 4. The van der Waals surface area contributed by atoms with Gasteiger partial charge in [0.15, 0.2) is 5.83 Å². The third kappa shape index (κ3) is 7.38. The second kappa shape index (κ2) is 11.3. The Morgan fingerprint density at radius 3 is 2.56 bits per heavy atom. The molecule has 0 amide bonds. The Labute approximate surface area is 161 Å². The Kier molecular flexibility index (Phi) is 8.77. The lowest BCUT2D eigenvalue weighted by Crippen LogP contribution is -2.24. The fourth-order valence-corrected chi connectivity index (χ4v) is 3.34. The number of nitrogens with zero attached hydrogens (tertiary/aromatic N) is 1. The highest BCUT2D eigenvalue weighted by Crippen LogP contribution is 2.28. The van der Waals surface area contributed by atoms with Crippen LogP contribution in [0, 0.1) is 17.2 Å². The molecule has 1 fully saturated rings. The molecule has 1 aromatic rings. The number of ether oxygens (including phenoxy) is 1.